The second-order valence-electron chi connectivity index (χ2n) is 28.6. The number of ether oxygens (including phenoxy) is 1. The average molecular weight is 1370 g/mol. The van der Waals surface area contributed by atoms with E-state index in [-0.39, 0.29) is 0 Å². The van der Waals surface area contributed by atoms with E-state index in [1.807, 2.05) is 12.1 Å². The molecule has 6 aromatic heterocycles. The Balaban J connectivity index is 0.000000137. The summed E-state index contributed by atoms with van der Waals surface area (Å²) in [5.41, 5.74) is 30.2. The van der Waals surface area contributed by atoms with Crippen LogP contribution in [0.5, 0.6) is 5.75 Å². The minimum Gasteiger partial charge on any atom is -0.497 e. The fraction of sp³-hybridized carbons (Fsp3) is 0.0400. The summed E-state index contributed by atoms with van der Waals surface area (Å²) in [6, 6.07) is 129. The second kappa shape index (κ2) is 24.4. The highest BCUT2D eigenvalue weighted by atomic mass is 16.5. The van der Waals surface area contributed by atoms with Crippen LogP contribution in [0.15, 0.2) is 352 Å². The number of rotatable bonds is 9. The molecular formula is C100H70N6O. The van der Waals surface area contributed by atoms with Gasteiger partial charge in [-0.25, -0.2) is 0 Å². The maximum Gasteiger partial charge on any atom is 0.119 e. The first-order chi connectivity index (χ1) is 52.8. The monoisotopic (exact) mass is 1370 g/mol. The van der Waals surface area contributed by atoms with E-state index in [9.17, 15) is 0 Å². The van der Waals surface area contributed by atoms with Gasteiger partial charge in [-0.05, 0) is 224 Å². The van der Waals surface area contributed by atoms with Gasteiger partial charge in [0.05, 0.1) is 79.0 Å². The average Bonchev–Trinajstić information content (AvgIpc) is 1.60. The van der Waals surface area contributed by atoms with Gasteiger partial charge in [-0.15, -0.1) is 0 Å². The normalized spacial score (nSPS) is 11.9. The first kappa shape index (κ1) is 61.8. The number of para-hydroxylation sites is 8. The molecule has 22 aromatic rings. The van der Waals surface area contributed by atoms with E-state index in [1.54, 1.807) is 7.11 Å². The Morgan fingerprint density at radius 1 is 0.187 bits per heavy atom. The SMILES string of the molecule is COc1ccc(-n2c3ccccc3c3cc(-c4ccc5c(c4)c4ccccc4n5-c4ccc(-n5c6ccccc6c6ccccc65)cc4)ccc32)cc1.Cc1cc(C)c(-n2c3ccccc3c3cc(-c4ccc5c(c4)c4ccccc4n5-c4ccc(-n5c6ccccc6c6ccccc65)cc4)ccc32)c(C)c1. The van der Waals surface area contributed by atoms with Crippen LogP contribution in [0.1, 0.15) is 16.7 Å². The lowest BCUT2D eigenvalue weighted by molar-refractivity contribution is 0.415. The van der Waals surface area contributed by atoms with Crippen LogP contribution in [-0.4, -0.2) is 34.5 Å². The third kappa shape index (κ3) is 9.67. The molecule has 107 heavy (non-hydrogen) atoms. The molecule has 0 aliphatic carbocycles. The summed E-state index contributed by atoms with van der Waals surface area (Å²) in [5, 5.41) is 15.1. The van der Waals surface area contributed by atoms with Crippen LogP contribution in [-0.2, 0) is 0 Å². The summed E-state index contributed by atoms with van der Waals surface area (Å²) in [5.74, 6) is 0.852. The lowest BCUT2D eigenvalue weighted by atomic mass is 10.0. The molecule has 7 heteroatoms. The van der Waals surface area contributed by atoms with Gasteiger partial charge in [-0.1, -0.05) is 188 Å². The smallest absolute Gasteiger partial charge is 0.119 e. The van der Waals surface area contributed by atoms with Gasteiger partial charge in [0.25, 0.3) is 0 Å². The number of aromatic nitrogens is 6. The first-order valence-corrected chi connectivity index (χ1v) is 36.8. The Labute approximate surface area is 617 Å². The predicted octanol–water partition coefficient (Wildman–Crippen LogP) is 26.2. The molecule has 16 aromatic carbocycles. The molecule has 506 valence electrons. The van der Waals surface area contributed by atoms with E-state index in [2.05, 4.69) is 388 Å². The first-order valence-electron chi connectivity index (χ1n) is 36.8. The predicted molar refractivity (Wildman–Crippen MR) is 451 cm³/mol. The highest BCUT2D eigenvalue weighted by Gasteiger charge is 2.22. The zero-order valence-corrected chi connectivity index (χ0v) is 59.6. The maximum absolute atomic E-state index is 5.44. The van der Waals surface area contributed by atoms with E-state index in [0.29, 0.717) is 0 Å². The fourth-order valence-corrected chi connectivity index (χ4v) is 17.8. The minimum absolute atomic E-state index is 0.852. The van der Waals surface area contributed by atoms with Gasteiger partial charge in [0, 0.05) is 93.1 Å². The highest BCUT2D eigenvalue weighted by molar-refractivity contribution is 6.16. The maximum atomic E-state index is 5.44. The molecule has 22 rings (SSSR count). The van der Waals surface area contributed by atoms with Gasteiger partial charge in [0.15, 0.2) is 0 Å². The zero-order valence-electron chi connectivity index (χ0n) is 59.6. The number of nitrogens with zero attached hydrogens (tertiary/aromatic N) is 6. The van der Waals surface area contributed by atoms with Crippen LogP contribution in [0, 0.1) is 20.8 Å². The van der Waals surface area contributed by atoms with Crippen molar-refractivity contribution in [1.29, 1.82) is 0 Å². The number of aryl methyl sites for hydroxylation is 3. The summed E-state index contributed by atoms with van der Waals surface area (Å²) in [6.07, 6.45) is 0. The van der Waals surface area contributed by atoms with E-state index in [4.69, 9.17) is 4.74 Å². The van der Waals surface area contributed by atoms with Crippen molar-refractivity contribution in [2.45, 2.75) is 20.8 Å². The van der Waals surface area contributed by atoms with Crippen molar-refractivity contribution < 1.29 is 4.74 Å². The third-order valence-electron chi connectivity index (χ3n) is 22.4. The fourth-order valence-electron chi connectivity index (χ4n) is 17.8. The van der Waals surface area contributed by atoms with Crippen molar-refractivity contribution in [2.24, 2.45) is 0 Å². The van der Waals surface area contributed by atoms with Gasteiger partial charge in [0.1, 0.15) is 5.75 Å². The van der Waals surface area contributed by atoms with E-state index in [0.717, 1.165) is 34.2 Å². The van der Waals surface area contributed by atoms with E-state index < -0.39 is 0 Å². The lowest BCUT2D eigenvalue weighted by Crippen LogP contribution is -2.00. The Bertz CT molecular complexity index is 7240. The number of hydrogen-bond acceptors (Lipinski definition) is 1. The van der Waals surface area contributed by atoms with Crippen LogP contribution < -0.4 is 4.74 Å². The standard InChI is InChI=1S/C51H37N3.C49H33N3O/c1-32-28-33(2)51(34(3)29-32)54-48-19-11-7-15-42(48)44-31-36(21-27-50(44)54)35-20-26-49-43(30-35)41-14-6-10-18-47(41)53(49)38-24-22-37(23-25-38)52-45-16-8-4-12-39(45)40-13-5-9-17-46(40)52;1-53-37-26-24-36(25-27-37)52-47-17-9-5-13-41(47)43-31-33(19-29-49(43)52)32-18-28-48-42(30-32)40-12-4-8-16-46(40)51(48)35-22-20-34(21-23-35)50-44-14-6-2-10-38(44)39-11-3-7-15-45(39)50/h4-31H,1-3H3;2-31H,1H3. The topological polar surface area (TPSA) is 38.8 Å². The molecule has 0 atom stereocenters. The highest BCUT2D eigenvalue weighted by Crippen LogP contribution is 2.44. The quantitative estimate of drug-likeness (QED) is 0.142. The summed E-state index contributed by atoms with van der Waals surface area (Å²) < 4.78 is 19.8. The van der Waals surface area contributed by atoms with Crippen LogP contribution in [0.25, 0.3) is 187 Å². The molecule has 0 aliphatic heterocycles. The van der Waals surface area contributed by atoms with Crippen LogP contribution in [0.4, 0.5) is 0 Å². The molecule has 0 bridgehead atoms. The second-order valence-corrected chi connectivity index (χ2v) is 28.6. The van der Waals surface area contributed by atoms with Crippen molar-refractivity contribution in [3.05, 3.63) is 369 Å². The van der Waals surface area contributed by atoms with Crippen molar-refractivity contribution in [2.75, 3.05) is 7.11 Å². The summed E-state index contributed by atoms with van der Waals surface area (Å²) in [6.45, 7) is 6.64. The van der Waals surface area contributed by atoms with Gasteiger partial charge < -0.3 is 32.1 Å². The third-order valence-corrected chi connectivity index (χ3v) is 22.4. The molecular weight excluding hydrogens is 1300 g/mol. The lowest BCUT2D eigenvalue weighted by Gasteiger charge is -2.15. The summed E-state index contributed by atoms with van der Waals surface area (Å²) in [4.78, 5) is 0. The molecule has 7 nitrogen and oxygen atoms in total. The van der Waals surface area contributed by atoms with Gasteiger partial charge in [-0.2, -0.15) is 0 Å². The van der Waals surface area contributed by atoms with Crippen LogP contribution in [0.3, 0.4) is 0 Å². The van der Waals surface area contributed by atoms with Crippen molar-refractivity contribution in [3.8, 4) is 62.1 Å². The summed E-state index contributed by atoms with van der Waals surface area (Å²) >= 11 is 0. The van der Waals surface area contributed by atoms with E-state index in [1.165, 1.54) is 175 Å². The minimum atomic E-state index is 0.852. The molecule has 0 saturated heterocycles. The molecule has 0 radical (unpaired) electrons. The molecule has 0 saturated carbocycles. The Morgan fingerprint density at radius 3 is 0.626 bits per heavy atom. The molecule has 0 fully saturated rings. The number of benzene rings is 16. The van der Waals surface area contributed by atoms with Crippen LogP contribution in [0.2, 0.25) is 0 Å². The van der Waals surface area contributed by atoms with Crippen molar-refractivity contribution >= 4 is 131 Å². The van der Waals surface area contributed by atoms with Gasteiger partial charge in [0.2, 0.25) is 0 Å². The molecule has 0 unspecified atom stereocenters. The van der Waals surface area contributed by atoms with Crippen molar-refractivity contribution in [1.82, 2.24) is 27.4 Å². The van der Waals surface area contributed by atoms with Gasteiger partial charge in [-0.3, -0.25) is 0 Å². The number of fused-ring (bicyclic) bond motifs is 18. The number of methoxy groups -OCH3 is 1. The molecule has 0 N–H and O–H groups in total. The van der Waals surface area contributed by atoms with Crippen LogP contribution >= 0.6 is 0 Å². The van der Waals surface area contributed by atoms with Gasteiger partial charge >= 0.3 is 0 Å². The molecule has 6 heterocycles. The number of hydrogen-bond donors (Lipinski definition) is 0. The largest absolute Gasteiger partial charge is 0.497 e. The summed E-state index contributed by atoms with van der Waals surface area (Å²) in [7, 11) is 1.71. The zero-order chi connectivity index (χ0) is 71.1. The Hall–Kier alpha value is -13.9. The molecule has 0 spiro atoms. The molecule has 0 aliphatic rings. The van der Waals surface area contributed by atoms with E-state index >= 15 is 0 Å². The molecule has 0 amide bonds. The van der Waals surface area contributed by atoms with Crippen molar-refractivity contribution in [3.63, 3.8) is 0 Å². The Morgan fingerprint density at radius 2 is 0.383 bits per heavy atom. The Kier molecular flexibility index (Phi) is 14.1.